The molecule has 1 unspecified atom stereocenters. The molecular weight excluding hydrogens is 334 g/mol. The number of nitrogens with zero attached hydrogens (tertiary/aromatic N) is 1. The van der Waals surface area contributed by atoms with Crippen LogP contribution >= 0.6 is 27.3 Å². The van der Waals surface area contributed by atoms with Crippen LogP contribution in [0, 0.1) is 0 Å². The van der Waals surface area contributed by atoms with Crippen molar-refractivity contribution in [3.63, 3.8) is 0 Å². The van der Waals surface area contributed by atoms with Gasteiger partial charge in [0.25, 0.3) is 0 Å². The van der Waals surface area contributed by atoms with Crippen LogP contribution in [0.3, 0.4) is 0 Å². The van der Waals surface area contributed by atoms with E-state index >= 15 is 0 Å². The second-order valence-electron chi connectivity index (χ2n) is 5.15. The first kappa shape index (κ1) is 14.1. The minimum atomic E-state index is 0.480. The van der Waals surface area contributed by atoms with Gasteiger partial charge in [-0.2, -0.15) is 0 Å². The molecule has 4 heteroatoms. The first-order valence-electron chi connectivity index (χ1n) is 6.82. The molecule has 0 saturated carbocycles. The molecule has 0 radical (unpaired) electrons. The second-order valence-corrected chi connectivity index (χ2v) is 7.07. The van der Waals surface area contributed by atoms with Gasteiger partial charge in [-0.15, -0.1) is 11.3 Å². The van der Waals surface area contributed by atoms with Crippen LogP contribution in [0.15, 0.2) is 34.1 Å². The standard InChI is InChI=1S/C16H18BrNOS/c1-11-14-6-8-20-16(14)5-7-18(11)10-12-9-13(17)3-4-15(12)19-2/h3-4,6,8-9,11H,5,7,10H2,1-2H3. The molecule has 2 nitrogen and oxygen atoms in total. The van der Waals surface area contributed by atoms with Crippen LogP contribution in [0.25, 0.3) is 0 Å². The molecule has 106 valence electrons. The zero-order valence-electron chi connectivity index (χ0n) is 11.7. The SMILES string of the molecule is COc1ccc(Br)cc1CN1CCc2sccc2C1C. The fraction of sp³-hybridized carbons (Fsp3) is 0.375. The first-order valence-corrected chi connectivity index (χ1v) is 8.49. The second kappa shape index (κ2) is 5.88. The summed E-state index contributed by atoms with van der Waals surface area (Å²) in [5.41, 5.74) is 2.74. The van der Waals surface area contributed by atoms with Crippen LogP contribution < -0.4 is 4.74 Å². The Balaban J connectivity index is 1.84. The predicted octanol–water partition coefficient (Wildman–Crippen LogP) is 4.64. The van der Waals surface area contributed by atoms with Crippen molar-refractivity contribution in [1.29, 1.82) is 0 Å². The van der Waals surface area contributed by atoms with Crippen molar-refractivity contribution < 1.29 is 4.74 Å². The molecule has 0 N–H and O–H groups in total. The van der Waals surface area contributed by atoms with E-state index in [0.29, 0.717) is 6.04 Å². The molecule has 0 spiro atoms. The van der Waals surface area contributed by atoms with Crippen LogP contribution in [0.5, 0.6) is 5.75 Å². The largest absolute Gasteiger partial charge is 0.496 e. The van der Waals surface area contributed by atoms with Crippen molar-refractivity contribution in [2.45, 2.75) is 25.9 Å². The van der Waals surface area contributed by atoms with E-state index in [1.165, 1.54) is 11.1 Å². The average molecular weight is 352 g/mol. The Labute approximate surface area is 132 Å². The molecule has 0 saturated heterocycles. The Morgan fingerprint density at radius 1 is 1.40 bits per heavy atom. The molecule has 0 bridgehead atoms. The zero-order valence-corrected chi connectivity index (χ0v) is 14.1. The van der Waals surface area contributed by atoms with E-state index in [-0.39, 0.29) is 0 Å². The highest BCUT2D eigenvalue weighted by Crippen LogP contribution is 2.35. The maximum Gasteiger partial charge on any atom is 0.123 e. The fourth-order valence-electron chi connectivity index (χ4n) is 2.87. The molecule has 2 heterocycles. The Morgan fingerprint density at radius 3 is 3.05 bits per heavy atom. The molecule has 0 aliphatic carbocycles. The van der Waals surface area contributed by atoms with E-state index in [2.05, 4.69) is 45.3 Å². The lowest BCUT2D eigenvalue weighted by Crippen LogP contribution is -2.32. The molecule has 1 aliphatic rings. The van der Waals surface area contributed by atoms with Crippen LogP contribution in [0.2, 0.25) is 0 Å². The summed E-state index contributed by atoms with van der Waals surface area (Å²) in [6.07, 6.45) is 1.16. The summed E-state index contributed by atoms with van der Waals surface area (Å²) >= 11 is 5.44. The van der Waals surface area contributed by atoms with Gasteiger partial charge in [-0.05, 0) is 48.6 Å². The molecule has 1 aliphatic heterocycles. The van der Waals surface area contributed by atoms with Crippen molar-refractivity contribution in [2.75, 3.05) is 13.7 Å². The number of fused-ring (bicyclic) bond motifs is 1. The van der Waals surface area contributed by atoms with E-state index in [0.717, 1.165) is 29.7 Å². The lowest BCUT2D eigenvalue weighted by Gasteiger charge is -2.34. The Hall–Kier alpha value is -0.840. The molecule has 0 fully saturated rings. The number of ether oxygens (including phenoxy) is 1. The third kappa shape index (κ3) is 2.65. The van der Waals surface area contributed by atoms with Crippen molar-refractivity contribution >= 4 is 27.3 Å². The Morgan fingerprint density at radius 2 is 2.25 bits per heavy atom. The van der Waals surface area contributed by atoms with Gasteiger partial charge in [0.1, 0.15) is 5.75 Å². The summed E-state index contributed by atoms with van der Waals surface area (Å²) in [6.45, 7) is 4.35. The van der Waals surface area contributed by atoms with E-state index < -0.39 is 0 Å². The van der Waals surface area contributed by atoms with Gasteiger partial charge in [0.15, 0.2) is 0 Å². The predicted molar refractivity (Wildman–Crippen MR) is 87.5 cm³/mol. The number of hydrogen-bond donors (Lipinski definition) is 0. The number of hydrogen-bond acceptors (Lipinski definition) is 3. The molecule has 1 atom stereocenters. The molecule has 2 aromatic rings. The van der Waals surface area contributed by atoms with Crippen molar-refractivity contribution in [2.24, 2.45) is 0 Å². The summed E-state index contributed by atoms with van der Waals surface area (Å²) in [5, 5.41) is 2.21. The number of thiophene rings is 1. The quantitative estimate of drug-likeness (QED) is 0.798. The third-order valence-electron chi connectivity index (χ3n) is 4.02. The molecule has 1 aromatic carbocycles. The first-order chi connectivity index (χ1) is 9.69. The molecule has 20 heavy (non-hydrogen) atoms. The van der Waals surface area contributed by atoms with Crippen LogP contribution in [0.4, 0.5) is 0 Å². The molecule has 3 rings (SSSR count). The Kier molecular flexibility index (Phi) is 4.15. The minimum Gasteiger partial charge on any atom is -0.496 e. The van der Waals surface area contributed by atoms with Gasteiger partial charge in [-0.3, -0.25) is 4.90 Å². The van der Waals surface area contributed by atoms with Gasteiger partial charge in [-0.25, -0.2) is 0 Å². The Bertz CT molecular complexity index is 610. The van der Waals surface area contributed by atoms with Gasteiger partial charge in [0.2, 0.25) is 0 Å². The van der Waals surface area contributed by atoms with Gasteiger partial charge in [0, 0.05) is 34.0 Å². The van der Waals surface area contributed by atoms with E-state index in [1.807, 2.05) is 23.5 Å². The lowest BCUT2D eigenvalue weighted by atomic mass is 10.0. The van der Waals surface area contributed by atoms with E-state index in [1.54, 1.807) is 12.0 Å². The number of halogens is 1. The van der Waals surface area contributed by atoms with Crippen molar-refractivity contribution in [3.8, 4) is 5.75 Å². The minimum absolute atomic E-state index is 0.480. The summed E-state index contributed by atoms with van der Waals surface area (Å²) in [4.78, 5) is 4.08. The zero-order chi connectivity index (χ0) is 14.1. The number of methoxy groups -OCH3 is 1. The molecule has 0 amide bonds. The summed E-state index contributed by atoms with van der Waals surface area (Å²) in [7, 11) is 1.74. The summed E-state index contributed by atoms with van der Waals surface area (Å²) in [5.74, 6) is 0.969. The van der Waals surface area contributed by atoms with Crippen molar-refractivity contribution in [3.05, 3.63) is 50.1 Å². The molecule has 1 aromatic heterocycles. The van der Waals surface area contributed by atoms with Gasteiger partial charge >= 0.3 is 0 Å². The monoisotopic (exact) mass is 351 g/mol. The van der Waals surface area contributed by atoms with Crippen molar-refractivity contribution in [1.82, 2.24) is 4.90 Å². The number of rotatable bonds is 3. The van der Waals surface area contributed by atoms with E-state index in [9.17, 15) is 0 Å². The normalized spacial score (nSPS) is 18.9. The van der Waals surface area contributed by atoms with Gasteiger partial charge in [0.05, 0.1) is 7.11 Å². The molecular formula is C16H18BrNOS. The average Bonchev–Trinajstić information content (AvgIpc) is 2.91. The lowest BCUT2D eigenvalue weighted by molar-refractivity contribution is 0.189. The summed E-state index contributed by atoms with van der Waals surface area (Å²) in [6, 6.07) is 8.97. The topological polar surface area (TPSA) is 12.5 Å². The highest BCUT2D eigenvalue weighted by Gasteiger charge is 2.25. The smallest absolute Gasteiger partial charge is 0.123 e. The van der Waals surface area contributed by atoms with Crippen LogP contribution in [-0.4, -0.2) is 18.6 Å². The summed E-state index contributed by atoms with van der Waals surface area (Å²) < 4.78 is 6.59. The maximum absolute atomic E-state index is 5.49. The maximum atomic E-state index is 5.49. The highest BCUT2D eigenvalue weighted by atomic mass is 79.9. The van der Waals surface area contributed by atoms with E-state index in [4.69, 9.17) is 4.74 Å². The third-order valence-corrected chi connectivity index (χ3v) is 5.51. The fourth-order valence-corrected chi connectivity index (χ4v) is 4.24. The van der Waals surface area contributed by atoms with Gasteiger partial charge in [-0.1, -0.05) is 15.9 Å². The highest BCUT2D eigenvalue weighted by molar-refractivity contribution is 9.10. The van der Waals surface area contributed by atoms with Crippen LogP contribution in [0.1, 0.15) is 29.0 Å². The van der Waals surface area contributed by atoms with Gasteiger partial charge < -0.3 is 4.74 Å². The van der Waals surface area contributed by atoms with Crippen LogP contribution in [-0.2, 0) is 13.0 Å². The number of benzene rings is 1.